The van der Waals surface area contributed by atoms with E-state index in [1.54, 1.807) is 29.2 Å². The third-order valence-corrected chi connectivity index (χ3v) is 4.98. The lowest BCUT2D eigenvalue weighted by molar-refractivity contribution is 0.747. The first-order chi connectivity index (χ1) is 13.7. The molecular formula is C23H18N4O. The quantitative estimate of drug-likeness (QED) is 0.485. The number of pyridine rings is 1. The van der Waals surface area contributed by atoms with Gasteiger partial charge in [-0.2, -0.15) is 0 Å². The molecule has 5 rings (SSSR count). The molecule has 0 spiro atoms. The second-order valence-corrected chi connectivity index (χ2v) is 7.02. The molecule has 0 bridgehead atoms. The maximum Gasteiger partial charge on any atom is 0.263 e. The van der Waals surface area contributed by atoms with E-state index in [1.165, 1.54) is 10.8 Å². The van der Waals surface area contributed by atoms with Crippen LogP contribution in [0.15, 0.2) is 84.3 Å². The van der Waals surface area contributed by atoms with E-state index in [0.29, 0.717) is 17.6 Å². The summed E-state index contributed by atoms with van der Waals surface area (Å²) in [7, 11) is 2.03. The summed E-state index contributed by atoms with van der Waals surface area (Å²) in [4.78, 5) is 21.2. The van der Waals surface area contributed by atoms with Crippen molar-refractivity contribution in [2.75, 3.05) is 0 Å². The van der Waals surface area contributed by atoms with E-state index in [-0.39, 0.29) is 5.56 Å². The third kappa shape index (κ3) is 2.87. The van der Waals surface area contributed by atoms with Gasteiger partial charge < -0.3 is 4.57 Å². The summed E-state index contributed by atoms with van der Waals surface area (Å²) in [6.07, 6.45) is 7.45. The highest BCUT2D eigenvalue weighted by molar-refractivity contribution is 5.87. The Kier molecular flexibility index (Phi) is 3.79. The van der Waals surface area contributed by atoms with Crippen molar-refractivity contribution < 1.29 is 0 Å². The molecule has 0 unspecified atom stereocenters. The van der Waals surface area contributed by atoms with Crippen LogP contribution in [0.3, 0.4) is 0 Å². The first-order valence-electron chi connectivity index (χ1n) is 9.13. The molecule has 136 valence electrons. The van der Waals surface area contributed by atoms with Crippen LogP contribution < -0.4 is 5.56 Å². The summed E-state index contributed by atoms with van der Waals surface area (Å²) in [6, 6.07) is 18.3. The van der Waals surface area contributed by atoms with Crippen molar-refractivity contribution in [3.05, 3.63) is 95.4 Å². The van der Waals surface area contributed by atoms with Crippen molar-refractivity contribution in [1.82, 2.24) is 19.1 Å². The first-order valence-corrected chi connectivity index (χ1v) is 9.13. The summed E-state index contributed by atoms with van der Waals surface area (Å²) in [6.45, 7) is 0.470. The van der Waals surface area contributed by atoms with Crippen LogP contribution in [0.25, 0.3) is 32.9 Å². The summed E-state index contributed by atoms with van der Waals surface area (Å²) in [5.41, 5.74) is 3.75. The molecule has 0 amide bonds. The lowest BCUT2D eigenvalue weighted by Crippen LogP contribution is -2.21. The molecule has 5 aromatic rings. The van der Waals surface area contributed by atoms with E-state index >= 15 is 0 Å². The van der Waals surface area contributed by atoms with Crippen LogP contribution in [0.1, 0.15) is 5.56 Å². The summed E-state index contributed by atoms with van der Waals surface area (Å²) in [5.74, 6) is 0. The average molecular weight is 366 g/mol. The smallest absolute Gasteiger partial charge is 0.263 e. The Balaban J connectivity index is 1.52. The molecule has 5 heteroatoms. The van der Waals surface area contributed by atoms with Crippen LogP contribution in [0.2, 0.25) is 0 Å². The zero-order valence-electron chi connectivity index (χ0n) is 15.4. The topological polar surface area (TPSA) is 52.7 Å². The number of nitrogens with zero attached hydrogens (tertiary/aromatic N) is 4. The first kappa shape index (κ1) is 16.4. The second-order valence-electron chi connectivity index (χ2n) is 7.02. The number of fused-ring (bicyclic) bond motifs is 2. The molecule has 0 aliphatic rings. The molecule has 3 aromatic heterocycles. The van der Waals surface area contributed by atoms with Gasteiger partial charge in [0.2, 0.25) is 0 Å². The highest BCUT2D eigenvalue weighted by Crippen LogP contribution is 2.25. The van der Waals surface area contributed by atoms with Gasteiger partial charge in [-0.1, -0.05) is 30.3 Å². The van der Waals surface area contributed by atoms with Crippen LogP contribution in [-0.2, 0) is 13.6 Å². The van der Waals surface area contributed by atoms with Crippen molar-refractivity contribution in [2.45, 2.75) is 6.54 Å². The molecule has 2 aromatic carbocycles. The number of hydrogen-bond acceptors (Lipinski definition) is 3. The van der Waals surface area contributed by atoms with Crippen LogP contribution >= 0.6 is 0 Å². The Morgan fingerprint density at radius 3 is 2.68 bits per heavy atom. The predicted octanol–water partition coefficient (Wildman–Crippen LogP) is 4.00. The molecule has 28 heavy (non-hydrogen) atoms. The zero-order valence-corrected chi connectivity index (χ0v) is 15.4. The normalized spacial score (nSPS) is 11.3. The van der Waals surface area contributed by atoms with Gasteiger partial charge in [-0.3, -0.25) is 9.36 Å². The summed E-state index contributed by atoms with van der Waals surface area (Å²) < 4.78 is 3.70. The molecule has 0 atom stereocenters. The number of hydrogen-bond donors (Lipinski definition) is 0. The lowest BCUT2D eigenvalue weighted by atomic mass is 10.0. The molecule has 0 saturated carbocycles. The van der Waals surface area contributed by atoms with Gasteiger partial charge in [0.15, 0.2) is 5.65 Å². The van der Waals surface area contributed by atoms with Crippen molar-refractivity contribution >= 4 is 21.8 Å². The van der Waals surface area contributed by atoms with Crippen molar-refractivity contribution in [3.8, 4) is 11.1 Å². The molecule has 0 N–H and O–H groups in total. The van der Waals surface area contributed by atoms with E-state index in [1.807, 2.05) is 19.2 Å². The fourth-order valence-corrected chi connectivity index (χ4v) is 3.62. The molecule has 0 aliphatic carbocycles. The number of rotatable bonds is 3. The van der Waals surface area contributed by atoms with Crippen LogP contribution in [0.4, 0.5) is 0 Å². The highest BCUT2D eigenvalue weighted by Gasteiger charge is 2.07. The van der Waals surface area contributed by atoms with E-state index in [0.717, 1.165) is 16.7 Å². The molecule has 0 saturated heterocycles. The largest absolute Gasteiger partial charge is 0.356 e. The second kappa shape index (κ2) is 6.46. The van der Waals surface area contributed by atoms with Crippen molar-refractivity contribution in [3.63, 3.8) is 0 Å². The van der Waals surface area contributed by atoms with Gasteiger partial charge in [0.1, 0.15) is 6.33 Å². The molecule has 0 aliphatic heterocycles. The molecule has 5 nitrogen and oxygen atoms in total. The van der Waals surface area contributed by atoms with Gasteiger partial charge in [-0.25, -0.2) is 9.97 Å². The Morgan fingerprint density at radius 2 is 1.75 bits per heavy atom. The minimum atomic E-state index is -0.0748. The predicted molar refractivity (Wildman–Crippen MR) is 111 cm³/mol. The van der Waals surface area contributed by atoms with Crippen LogP contribution in [0, 0.1) is 0 Å². The fourth-order valence-electron chi connectivity index (χ4n) is 3.62. The minimum Gasteiger partial charge on any atom is -0.356 e. The number of aryl methyl sites for hydroxylation is 1. The summed E-state index contributed by atoms with van der Waals surface area (Å²) in [5, 5.41) is 2.98. The van der Waals surface area contributed by atoms with Gasteiger partial charge in [0.05, 0.1) is 11.9 Å². The monoisotopic (exact) mass is 366 g/mol. The maximum atomic E-state index is 12.7. The van der Waals surface area contributed by atoms with Gasteiger partial charge in [0, 0.05) is 25.6 Å². The van der Waals surface area contributed by atoms with Crippen molar-refractivity contribution in [2.24, 2.45) is 7.05 Å². The van der Waals surface area contributed by atoms with Crippen LogP contribution in [0.5, 0.6) is 0 Å². The van der Waals surface area contributed by atoms with Crippen LogP contribution in [-0.4, -0.2) is 19.1 Å². The molecular weight excluding hydrogens is 348 g/mol. The van der Waals surface area contributed by atoms with Gasteiger partial charge in [0.25, 0.3) is 5.56 Å². The van der Waals surface area contributed by atoms with E-state index in [9.17, 15) is 4.79 Å². The fraction of sp³-hybridized carbons (Fsp3) is 0.0870. The lowest BCUT2D eigenvalue weighted by Gasteiger charge is -2.09. The molecule has 0 radical (unpaired) electrons. The third-order valence-electron chi connectivity index (χ3n) is 4.98. The van der Waals surface area contributed by atoms with Crippen molar-refractivity contribution in [1.29, 1.82) is 0 Å². The van der Waals surface area contributed by atoms with Gasteiger partial charge >= 0.3 is 0 Å². The van der Waals surface area contributed by atoms with E-state index < -0.39 is 0 Å². The highest BCUT2D eigenvalue weighted by atomic mass is 16.1. The maximum absolute atomic E-state index is 12.7. The Hall–Kier alpha value is -3.73. The Morgan fingerprint density at radius 1 is 0.893 bits per heavy atom. The van der Waals surface area contributed by atoms with E-state index in [2.05, 4.69) is 57.3 Å². The summed E-state index contributed by atoms with van der Waals surface area (Å²) >= 11 is 0. The molecule has 0 fully saturated rings. The Labute approximate surface area is 161 Å². The average Bonchev–Trinajstić information content (AvgIpc) is 3.10. The standard InChI is InChI=1S/C23H18N4O/c1-26-13-19-8-7-18(11-20(19)14-26)17-5-2-4-16(10-17)12-27-15-25-22-21(23(27)28)6-3-9-24-22/h2-11,13-15H,12H2,1H3. The minimum absolute atomic E-state index is 0.0748. The zero-order chi connectivity index (χ0) is 19.1. The Bertz CT molecular complexity index is 1380. The molecule has 3 heterocycles. The van der Waals surface area contributed by atoms with Gasteiger partial charge in [-0.05, 0) is 51.7 Å². The SMILES string of the molecule is Cn1cc2ccc(-c3cccc(Cn4cnc5ncccc5c4=O)c3)cc2c1. The number of benzene rings is 2. The number of aromatic nitrogens is 4. The van der Waals surface area contributed by atoms with E-state index in [4.69, 9.17) is 0 Å². The van der Waals surface area contributed by atoms with Gasteiger partial charge in [-0.15, -0.1) is 0 Å².